The molecule has 0 heterocycles. The highest BCUT2D eigenvalue weighted by Gasteiger charge is 2.29. The first-order valence-electron chi connectivity index (χ1n) is 2.78. The Kier molecular flexibility index (Phi) is 4.31. The lowest BCUT2D eigenvalue weighted by Crippen LogP contribution is -2.08. The molecule has 0 aromatic rings. The smallest absolute Gasteiger partial charge is 0.167 e. The van der Waals surface area contributed by atoms with Crippen LogP contribution >= 0.6 is 22.6 Å². The maximum atomic E-state index is 11.7. The lowest BCUT2D eigenvalue weighted by molar-refractivity contribution is -0.0915. The molecule has 0 aliphatic heterocycles. The van der Waals surface area contributed by atoms with Gasteiger partial charge in [0.25, 0.3) is 0 Å². The zero-order chi connectivity index (χ0) is 8.20. The number of allylic oxidation sites excluding steroid dienone is 2. The van der Waals surface area contributed by atoms with Crippen LogP contribution in [0.5, 0.6) is 0 Å². The van der Waals surface area contributed by atoms with Crippen LogP contribution in [0.3, 0.4) is 0 Å². The van der Waals surface area contributed by atoms with Gasteiger partial charge in [-0.3, -0.25) is 0 Å². The van der Waals surface area contributed by atoms with Crippen LogP contribution in [0.15, 0.2) is 11.6 Å². The summed E-state index contributed by atoms with van der Waals surface area (Å²) in [5.74, 6) is 0. The molecule has 0 unspecified atom stereocenters. The van der Waals surface area contributed by atoms with Crippen LogP contribution in [-0.2, 0) is 0 Å². The van der Waals surface area contributed by atoms with Gasteiger partial charge < -0.3 is 0 Å². The van der Waals surface area contributed by atoms with E-state index in [2.05, 4.69) is 0 Å². The third-order valence-corrected chi connectivity index (χ3v) is 1.63. The van der Waals surface area contributed by atoms with Crippen molar-refractivity contribution in [2.45, 2.75) is 19.5 Å². The monoisotopic (exact) mass is 264 g/mol. The molecule has 10 heavy (non-hydrogen) atoms. The highest BCUT2D eigenvalue weighted by molar-refractivity contribution is 14.1. The van der Waals surface area contributed by atoms with E-state index in [4.69, 9.17) is 0 Å². The van der Waals surface area contributed by atoms with Crippen LogP contribution in [-0.4, -0.2) is 10.6 Å². The van der Waals surface area contributed by atoms with Gasteiger partial charge in [0, 0.05) is 10.0 Å². The third-order valence-electron chi connectivity index (χ3n) is 1.01. The van der Waals surface area contributed by atoms with Crippen molar-refractivity contribution in [2.75, 3.05) is 4.43 Å². The zero-order valence-electron chi connectivity index (χ0n) is 5.50. The van der Waals surface area contributed by atoms with Crippen LogP contribution in [0, 0.1) is 0 Å². The molecule has 0 N–H and O–H groups in total. The molecule has 0 nitrogen and oxygen atoms in total. The summed E-state index contributed by atoms with van der Waals surface area (Å²) in [6.07, 6.45) is -2.43. The molecule has 0 amide bonds. The van der Waals surface area contributed by atoms with E-state index in [0.29, 0.717) is 6.42 Å². The van der Waals surface area contributed by atoms with Gasteiger partial charge in [-0.15, -0.1) is 0 Å². The Labute approximate surface area is 71.6 Å². The van der Waals surface area contributed by atoms with Gasteiger partial charge in [0.05, 0.1) is 0 Å². The Hall–Kier alpha value is 0.260. The van der Waals surface area contributed by atoms with E-state index in [9.17, 15) is 13.2 Å². The predicted molar refractivity (Wildman–Crippen MR) is 43.3 cm³/mol. The average Bonchev–Trinajstić information content (AvgIpc) is 1.80. The minimum Gasteiger partial charge on any atom is -0.167 e. The van der Waals surface area contributed by atoms with Gasteiger partial charge in [0.15, 0.2) is 0 Å². The standard InChI is InChI=1S/C6H8F3I/c1-5(3-2-4-10)6(7,8)9/h3H,2,4H2,1H3/b5-3+. The lowest BCUT2D eigenvalue weighted by Gasteiger charge is -2.04. The molecule has 0 aromatic heterocycles. The van der Waals surface area contributed by atoms with E-state index in [1.165, 1.54) is 6.08 Å². The van der Waals surface area contributed by atoms with Crippen molar-refractivity contribution >= 4 is 22.6 Å². The first-order valence-corrected chi connectivity index (χ1v) is 4.31. The number of rotatable bonds is 2. The van der Waals surface area contributed by atoms with E-state index in [1.54, 1.807) is 0 Å². The number of hydrogen-bond donors (Lipinski definition) is 0. The highest BCUT2D eigenvalue weighted by atomic mass is 127. The van der Waals surface area contributed by atoms with Crippen LogP contribution < -0.4 is 0 Å². The minimum atomic E-state index is -4.13. The largest absolute Gasteiger partial charge is 0.412 e. The average molecular weight is 264 g/mol. The first-order chi connectivity index (χ1) is 4.48. The zero-order valence-corrected chi connectivity index (χ0v) is 7.66. The molecule has 4 heteroatoms. The number of halogens is 4. The van der Waals surface area contributed by atoms with Gasteiger partial charge in [0.1, 0.15) is 0 Å². The van der Waals surface area contributed by atoms with Gasteiger partial charge in [0.2, 0.25) is 0 Å². The Morgan fingerprint density at radius 2 is 2.00 bits per heavy atom. The van der Waals surface area contributed by atoms with Crippen molar-refractivity contribution in [1.29, 1.82) is 0 Å². The summed E-state index contributed by atoms with van der Waals surface area (Å²) in [4.78, 5) is 0. The Morgan fingerprint density at radius 3 is 2.30 bits per heavy atom. The fourth-order valence-corrected chi connectivity index (χ4v) is 0.698. The van der Waals surface area contributed by atoms with E-state index >= 15 is 0 Å². The van der Waals surface area contributed by atoms with E-state index < -0.39 is 11.7 Å². The molecule has 0 fully saturated rings. The number of alkyl halides is 4. The fourth-order valence-electron chi connectivity index (χ4n) is 0.387. The van der Waals surface area contributed by atoms with Crippen LogP contribution in [0.2, 0.25) is 0 Å². The van der Waals surface area contributed by atoms with Gasteiger partial charge in [-0.2, -0.15) is 13.2 Å². The summed E-state index contributed by atoms with van der Waals surface area (Å²) in [5, 5.41) is 0. The van der Waals surface area contributed by atoms with Gasteiger partial charge in [-0.05, 0) is 13.3 Å². The molecular formula is C6H8F3I. The molecule has 0 aliphatic rings. The quantitative estimate of drug-likeness (QED) is 0.407. The van der Waals surface area contributed by atoms with Crippen molar-refractivity contribution in [3.63, 3.8) is 0 Å². The molecular weight excluding hydrogens is 256 g/mol. The molecule has 60 valence electrons. The maximum Gasteiger partial charge on any atom is 0.412 e. The second kappa shape index (κ2) is 4.20. The molecule has 0 saturated carbocycles. The highest BCUT2D eigenvalue weighted by Crippen LogP contribution is 2.24. The minimum absolute atomic E-state index is 0.492. The molecule has 0 radical (unpaired) electrons. The summed E-state index contributed by atoms with van der Waals surface area (Å²) in [6.45, 7) is 1.09. The predicted octanol–water partition coefficient (Wildman–Crippen LogP) is 3.32. The maximum absolute atomic E-state index is 11.7. The summed E-state index contributed by atoms with van der Waals surface area (Å²) in [7, 11) is 0. The molecule has 0 aliphatic carbocycles. The Bertz CT molecular complexity index is 125. The normalized spacial score (nSPS) is 13.9. The van der Waals surface area contributed by atoms with E-state index in [0.717, 1.165) is 11.4 Å². The van der Waals surface area contributed by atoms with Crippen molar-refractivity contribution in [3.05, 3.63) is 11.6 Å². The van der Waals surface area contributed by atoms with E-state index in [-0.39, 0.29) is 0 Å². The topological polar surface area (TPSA) is 0 Å². The first kappa shape index (κ1) is 10.3. The second-order valence-electron chi connectivity index (χ2n) is 1.86. The van der Waals surface area contributed by atoms with Crippen LogP contribution in [0.1, 0.15) is 13.3 Å². The van der Waals surface area contributed by atoms with Gasteiger partial charge in [-0.25, -0.2) is 0 Å². The lowest BCUT2D eigenvalue weighted by atomic mass is 10.2. The molecule has 0 rings (SSSR count). The number of hydrogen-bond acceptors (Lipinski definition) is 0. The SMILES string of the molecule is C/C(=C\CCI)C(F)(F)F. The van der Waals surface area contributed by atoms with Crippen LogP contribution in [0.25, 0.3) is 0 Å². The summed E-state index contributed by atoms with van der Waals surface area (Å²) in [5.41, 5.74) is -0.496. The molecule has 0 spiro atoms. The van der Waals surface area contributed by atoms with Crippen molar-refractivity contribution in [1.82, 2.24) is 0 Å². The summed E-state index contributed by atoms with van der Waals surface area (Å²) < 4.78 is 35.8. The summed E-state index contributed by atoms with van der Waals surface area (Å²) in [6, 6.07) is 0. The summed E-state index contributed by atoms with van der Waals surface area (Å²) >= 11 is 2.04. The second-order valence-corrected chi connectivity index (χ2v) is 2.94. The van der Waals surface area contributed by atoms with Crippen LogP contribution in [0.4, 0.5) is 13.2 Å². The van der Waals surface area contributed by atoms with Crippen molar-refractivity contribution < 1.29 is 13.2 Å². The molecule has 0 bridgehead atoms. The van der Waals surface area contributed by atoms with E-state index in [1.807, 2.05) is 22.6 Å². The third kappa shape index (κ3) is 4.14. The molecule has 0 saturated heterocycles. The Morgan fingerprint density at radius 1 is 1.50 bits per heavy atom. The fraction of sp³-hybridized carbons (Fsp3) is 0.667. The van der Waals surface area contributed by atoms with Crippen molar-refractivity contribution in [3.8, 4) is 0 Å². The van der Waals surface area contributed by atoms with Crippen molar-refractivity contribution in [2.24, 2.45) is 0 Å². The van der Waals surface area contributed by atoms with Gasteiger partial charge >= 0.3 is 6.18 Å². The Balaban J connectivity index is 3.93. The van der Waals surface area contributed by atoms with Gasteiger partial charge in [-0.1, -0.05) is 28.7 Å². The molecule has 0 aromatic carbocycles. The molecule has 0 atom stereocenters.